The lowest BCUT2D eigenvalue weighted by Gasteiger charge is -2.14. The second-order valence-corrected chi connectivity index (χ2v) is 7.17. The fraction of sp³-hybridized carbons (Fsp3) is 0.158. The maximum Gasteiger partial charge on any atom is 0.270 e. The summed E-state index contributed by atoms with van der Waals surface area (Å²) in [5.41, 5.74) is 1.32. The topological polar surface area (TPSA) is 68.2 Å². The number of thioether (sulfide) groups is 1. The minimum absolute atomic E-state index is 0.122. The highest BCUT2D eigenvalue weighted by Gasteiger charge is 2.33. The van der Waals surface area contributed by atoms with Crippen LogP contribution in [0, 0.1) is 0 Å². The number of benzene rings is 2. The molecule has 1 N–H and O–H groups in total. The van der Waals surface area contributed by atoms with E-state index in [2.05, 4.69) is 0 Å². The van der Waals surface area contributed by atoms with Crippen molar-refractivity contribution in [3.05, 3.63) is 46.9 Å². The van der Waals surface area contributed by atoms with Crippen LogP contribution in [0.2, 0.25) is 0 Å². The summed E-state index contributed by atoms with van der Waals surface area (Å²) in [5.74, 6) is 1.37. The minimum Gasteiger partial charge on any atom is -0.508 e. The summed E-state index contributed by atoms with van der Waals surface area (Å²) in [7, 11) is 4.60. The van der Waals surface area contributed by atoms with Crippen LogP contribution >= 0.6 is 24.0 Å². The van der Waals surface area contributed by atoms with E-state index in [1.165, 1.54) is 50.1 Å². The van der Waals surface area contributed by atoms with Crippen LogP contribution in [0.25, 0.3) is 6.08 Å². The molecule has 2 aromatic carbocycles. The van der Waals surface area contributed by atoms with Gasteiger partial charge in [-0.3, -0.25) is 9.69 Å². The van der Waals surface area contributed by atoms with Crippen LogP contribution in [0.4, 0.5) is 5.69 Å². The number of methoxy groups -OCH3 is 3. The molecule has 6 nitrogen and oxygen atoms in total. The molecule has 0 unspecified atom stereocenters. The fourth-order valence-corrected chi connectivity index (χ4v) is 3.93. The van der Waals surface area contributed by atoms with Gasteiger partial charge in [0.2, 0.25) is 5.75 Å². The first-order chi connectivity index (χ1) is 13.0. The number of anilines is 1. The number of ether oxygens (including phenoxy) is 3. The van der Waals surface area contributed by atoms with E-state index >= 15 is 0 Å². The number of aromatic hydroxyl groups is 1. The van der Waals surface area contributed by atoms with Gasteiger partial charge in [0, 0.05) is 0 Å². The quantitative estimate of drug-likeness (QED) is 0.601. The van der Waals surface area contributed by atoms with Crippen LogP contribution in [-0.2, 0) is 4.79 Å². The summed E-state index contributed by atoms with van der Waals surface area (Å²) in [6, 6.07) is 9.82. The van der Waals surface area contributed by atoms with E-state index in [9.17, 15) is 9.90 Å². The summed E-state index contributed by atoms with van der Waals surface area (Å²) >= 11 is 6.56. The number of carbonyl (C=O) groups excluding carboxylic acids is 1. The third-order valence-electron chi connectivity index (χ3n) is 3.89. The van der Waals surface area contributed by atoms with Gasteiger partial charge in [0.25, 0.3) is 5.91 Å². The van der Waals surface area contributed by atoms with Crippen LogP contribution < -0.4 is 19.1 Å². The Morgan fingerprint density at radius 1 is 1.04 bits per heavy atom. The molecule has 2 aromatic rings. The Balaban J connectivity index is 1.97. The second-order valence-electron chi connectivity index (χ2n) is 5.49. The lowest BCUT2D eigenvalue weighted by Crippen LogP contribution is -2.27. The number of phenolic OH excluding ortho intramolecular Hbond substituents is 1. The highest BCUT2D eigenvalue weighted by atomic mass is 32.2. The smallest absolute Gasteiger partial charge is 0.270 e. The van der Waals surface area contributed by atoms with Gasteiger partial charge in [-0.25, -0.2) is 0 Å². The molecular formula is C19H17NO5S2. The average Bonchev–Trinajstić information content (AvgIpc) is 2.95. The molecule has 1 amide bonds. The van der Waals surface area contributed by atoms with Crippen molar-refractivity contribution >= 4 is 46.0 Å². The predicted molar refractivity (Wildman–Crippen MR) is 110 cm³/mol. The van der Waals surface area contributed by atoms with E-state index in [0.717, 1.165) is 5.56 Å². The molecule has 1 aliphatic rings. The number of thiocarbonyl (C=S) groups is 1. The van der Waals surface area contributed by atoms with Crippen molar-refractivity contribution in [3.8, 4) is 23.0 Å². The average molecular weight is 403 g/mol. The molecule has 1 aliphatic heterocycles. The Hall–Kier alpha value is -2.71. The third-order valence-corrected chi connectivity index (χ3v) is 5.19. The number of phenols is 1. The van der Waals surface area contributed by atoms with Crippen LogP contribution in [0.3, 0.4) is 0 Å². The molecule has 1 saturated heterocycles. The van der Waals surface area contributed by atoms with Crippen molar-refractivity contribution in [1.29, 1.82) is 0 Å². The lowest BCUT2D eigenvalue weighted by molar-refractivity contribution is -0.113. The number of hydrogen-bond donors (Lipinski definition) is 1. The Labute approximate surface area is 166 Å². The first kappa shape index (κ1) is 19.1. The van der Waals surface area contributed by atoms with Crippen LogP contribution in [0.1, 0.15) is 5.56 Å². The summed E-state index contributed by atoms with van der Waals surface area (Å²) in [5, 5.41) is 9.43. The largest absolute Gasteiger partial charge is 0.508 e. The summed E-state index contributed by atoms with van der Waals surface area (Å²) in [6.07, 6.45) is 1.73. The number of nitrogens with zero attached hydrogens (tertiary/aromatic N) is 1. The zero-order valence-electron chi connectivity index (χ0n) is 14.9. The van der Waals surface area contributed by atoms with Gasteiger partial charge >= 0.3 is 0 Å². The van der Waals surface area contributed by atoms with Gasteiger partial charge in [0.05, 0.1) is 31.9 Å². The highest BCUT2D eigenvalue weighted by Crippen LogP contribution is 2.41. The molecule has 27 heavy (non-hydrogen) atoms. The molecule has 0 aromatic heterocycles. The van der Waals surface area contributed by atoms with E-state index < -0.39 is 0 Å². The predicted octanol–water partition coefficient (Wildman–Crippen LogP) is 3.82. The van der Waals surface area contributed by atoms with Gasteiger partial charge in [0.15, 0.2) is 15.8 Å². The second kappa shape index (κ2) is 7.89. The van der Waals surface area contributed by atoms with E-state index in [1.807, 2.05) is 0 Å². The molecule has 0 spiro atoms. The molecule has 0 saturated carbocycles. The molecule has 140 valence electrons. The van der Waals surface area contributed by atoms with Crippen LogP contribution in [0.5, 0.6) is 23.0 Å². The molecule has 0 atom stereocenters. The standard InChI is InChI=1S/C19H17NO5S2/c1-23-14-8-11(9-15(24-2)17(14)25-3)10-16-18(22)20(19(26)27-16)12-4-6-13(21)7-5-12/h4-10,21H,1-3H3. The molecule has 0 radical (unpaired) electrons. The molecule has 1 heterocycles. The van der Waals surface area contributed by atoms with Gasteiger partial charge in [-0.2, -0.15) is 0 Å². The normalized spacial score (nSPS) is 15.4. The monoisotopic (exact) mass is 403 g/mol. The zero-order chi connectivity index (χ0) is 19.6. The van der Waals surface area contributed by atoms with Gasteiger partial charge in [-0.1, -0.05) is 24.0 Å². The van der Waals surface area contributed by atoms with Crippen molar-refractivity contribution < 1.29 is 24.1 Å². The van der Waals surface area contributed by atoms with Gasteiger partial charge in [0.1, 0.15) is 5.75 Å². The van der Waals surface area contributed by atoms with E-state index in [0.29, 0.717) is 32.2 Å². The number of amides is 1. The Bertz CT molecular complexity index is 899. The molecular weight excluding hydrogens is 386 g/mol. The zero-order valence-corrected chi connectivity index (χ0v) is 16.5. The maximum absolute atomic E-state index is 12.8. The van der Waals surface area contributed by atoms with Crippen LogP contribution in [0.15, 0.2) is 41.3 Å². The van der Waals surface area contributed by atoms with E-state index in [4.69, 9.17) is 26.4 Å². The minimum atomic E-state index is -0.232. The molecule has 0 aliphatic carbocycles. The summed E-state index contributed by atoms with van der Waals surface area (Å²) in [6.45, 7) is 0. The summed E-state index contributed by atoms with van der Waals surface area (Å²) < 4.78 is 16.4. The Morgan fingerprint density at radius 2 is 1.63 bits per heavy atom. The lowest BCUT2D eigenvalue weighted by atomic mass is 10.1. The van der Waals surface area contributed by atoms with Crippen molar-refractivity contribution in [2.24, 2.45) is 0 Å². The third kappa shape index (κ3) is 3.72. The fourth-order valence-electron chi connectivity index (χ4n) is 2.63. The van der Waals surface area contributed by atoms with Gasteiger partial charge in [-0.05, 0) is 48.0 Å². The summed E-state index contributed by atoms with van der Waals surface area (Å²) in [4.78, 5) is 14.7. The Morgan fingerprint density at radius 3 is 2.15 bits per heavy atom. The molecule has 0 bridgehead atoms. The molecule has 3 rings (SSSR count). The van der Waals surface area contributed by atoms with E-state index in [1.54, 1.807) is 30.3 Å². The van der Waals surface area contributed by atoms with E-state index in [-0.39, 0.29) is 11.7 Å². The van der Waals surface area contributed by atoms with Crippen molar-refractivity contribution in [3.63, 3.8) is 0 Å². The first-order valence-corrected chi connectivity index (χ1v) is 9.08. The maximum atomic E-state index is 12.8. The van der Waals surface area contributed by atoms with Crippen molar-refractivity contribution in [1.82, 2.24) is 0 Å². The van der Waals surface area contributed by atoms with Crippen molar-refractivity contribution in [2.45, 2.75) is 0 Å². The number of carbonyl (C=O) groups is 1. The van der Waals surface area contributed by atoms with Gasteiger partial charge in [-0.15, -0.1) is 0 Å². The first-order valence-electron chi connectivity index (χ1n) is 7.85. The SMILES string of the molecule is COc1cc(C=C2SC(=S)N(c3ccc(O)cc3)C2=O)cc(OC)c1OC. The highest BCUT2D eigenvalue weighted by molar-refractivity contribution is 8.27. The molecule has 1 fully saturated rings. The van der Waals surface area contributed by atoms with Gasteiger partial charge < -0.3 is 19.3 Å². The number of rotatable bonds is 5. The van der Waals surface area contributed by atoms with Crippen LogP contribution in [-0.4, -0.2) is 36.7 Å². The Kier molecular flexibility index (Phi) is 5.57. The van der Waals surface area contributed by atoms with Crippen molar-refractivity contribution in [2.75, 3.05) is 26.2 Å². The molecule has 8 heteroatoms. The number of hydrogen-bond acceptors (Lipinski definition) is 7.